The number of halogens is 1. The van der Waals surface area contributed by atoms with E-state index >= 15 is 0 Å². The van der Waals surface area contributed by atoms with Crippen molar-refractivity contribution in [1.29, 1.82) is 0 Å². The van der Waals surface area contributed by atoms with Gasteiger partial charge in [0.05, 0.1) is 6.10 Å². The second-order valence-electron chi connectivity index (χ2n) is 3.20. The van der Waals surface area contributed by atoms with E-state index in [1.165, 1.54) is 5.56 Å². The average molecular weight is 244 g/mol. The molecule has 0 aliphatic heterocycles. The highest BCUT2D eigenvalue weighted by Gasteiger charge is 2.08. The van der Waals surface area contributed by atoms with Gasteiger partial charge >= 0.3 is 0 Å². The lowest BCUT2D eigenvalue weighted by atomic mass is 10.0. The number of hydrogen-bond donors (Lipinski definition) is 2. The van der Waals surface area contributed by atoms with Crippen LogP contribution in [0, 0.1) is 13.8 Å². The summed E-state index contributed by atoms with van der Waals surface area (Å²) in [6.45, 7) is 4.32. The number of aliphatic hydroxyl groups excluding tert-OH is 1. The molecule has 0 bridgehead atoms. The van der Waals surface area contributed by atoms with Crippen LogP contribution < -0.4 is 5.73 Å². The lowest BCUT2D eigenvalue weighted by molar-refractivity contribution is 0.186. The van der Waals surface area contributed by atoms with Crippen molar-refractivity contribution < 1.29 is 5.11 Å². The molecule has 0 aliphatic rings. The number of hydrogen-bond acceptors (Lipinski definition) is 2. The fourth-order valence-electron chi connectivity index (χ4n) is 1.17. The fraction of sp³-hybridized carbons (Fsp3) is 0.400. The van der Waals surface area contributed by atoms with Crippen molar-refractivity contribution in [2.24, 2.45) is 5.73 Å². The zero-order valence-electron chi connectivity index (χ0n) is 7.84. The standard InChI is InChI=1S/C10H14BrNO/c1-6-3-8(10(13)5-12)4-9(11)7(6)2/h3-4,10,13H,5,12H2,1-2H3. The molecule has 0 saturated carbocycles. The maximum Gasteiger partial charge on any atom is 0.0912 e. The Morgan fingerprint density at radius 2 is 2.08 bits per heavy atom. The molecule has 0 radical (unpaired) electrons. The Hall–Kier alpha value is -0.380. The van der Waals surface area contributed by atoms with Crippen LogP contribution in [0.25, 0.3) is 0 Å². The smallest absolute Gasteiger partial charge is 0.0912 e. The Morgan fingerprint density at radius 1 is 1.46 bits per heavy atom. The van der Waals surface area contributed by atoms with E-state index < -0.39 is 6.10 Å². The molecule has 13 heavy (non-hydrogen) atoms. The Bertz CT molecular complexity index is 289. The second kappa shape index (κ2) is 4.22. The molecule has 0 heterocycles. The molecule has 1 aromatic carbocycles. The van der Waals surface area contributed by atoms with Crippen molar-refractivity contribution in [1.82, 2.24) is 0 Å². The average Bonchev–Trinajstić information content (AvgIpc) is 2.12. The van der Waals surface area contributed by atoms with Gasteiger partial charge in [-0.15, -0.1) is 0 Å². The SMILES string of the molecule is Cc1cc(C(O)CN)cc(Br)c1C. The maximum absolute atomic E-state index is 9.52. The number of benzene rings is 1. The molecule has 0 fully saturated rings. The van der Waals surface area contributed by atoms with Crippen molar-refractivity contribution in [3.8, 4) is 0 Å². The third kappa shape index (κ3) is 2.30. The number of rotatable bonds is 2. The Kier molecular flexibility index (Phi) is 3.47. The van der Waals surface area contributed by atoms with Crippen LogP contribution in [0.3, 0.4) is 0 Å². The first-order valence-corrected chi connectivity index (χ1v) is 5.00. The summed E-state index contributed by atoms with van der Waals surface area (Å²) in [7, 11) is 0. The molecule has 3 N–H and O–H groups in total. The van der Waals surface area contributed by atoms with Gasteiger partial charge in [0.25, 0.3) is 0 Å². The van der Waals surface area contributed by atoms with Crippen LogP contribution in [0.2, 0.25) is 0 Å². The Balaban J connectivity index is 3.13. The molecule has 72 valence electrons. The van der Waals surface area contributed by atoms with Crippen molar-refractivity contribution in [3.63, 3.8) is 0 Å². The van der Waals surface area contributed by atoms with E-state index in [4.69, 9.17) is 5.73 Å². The molecule has 0 aliphatic carbocycles. The molecule has 1 unspecified atom stereocenters. The highest BCUT2D eigenvalue weighted by molar-refractivity contribution is 9.10. The molecular weight excluding hydrogens is 230 g/mol. The van der Waals surface area contributed by atoms with Crippen molar-refractivity contribution in [2.45, 2.75) is 20.0 Å². The first-order valence-electron chi connectivity index (χ1n) is 4.21. The van der Waals surface area contributed by atoms with E-state index in [-0.39, 0.29) is 6.54 Å². The van der Waals surface area contributed by atoms with Crippen LogP contribution in [0.15, 0.2) is 16.6 Å². The topological polar surface area (TPSA) is 46.2 Å². The predicted octanol–water partition coefficient (Wildman–Crippen LogP) is 2.06. The fourth-order valence-corrected chi connectivity index (χ4v) is 1.75. The predicted molar refractivity (Wildman–Crippen MR) is 57.6 cm³/mol. The number of nitrogens with two attached hydrogens (primary N) is 1. The van der Waals surface area contributed by atoms with Gasteiger partial charge in [0.15, 0.2) is 0 Å². The summed E-state index contributed by atoms with van der Waals surface area (Å²) in [6, 6.07) is 3.89. The molecule has 0 aromatic heterocycles. The lowest BCUT2D eigenvalue weighted by Gasteiger charge is -2.11. The van der Waals surface area contributed by atoms with Crippen molar-refractivity contribution in [3.05, 3.63) is 33.3 Å². The first-order chi connectivity index (χ1) is 6.06. The van der Waals surface area contributed by atoms with Gasteiger partial charge in [0, 0.05) is 11.0 Å². The normalized spacial score (nSPS) is 13.0. The van der Waals surface area contributed by atoms with E-state index in [9.17, 15) is 5.11 Å². The molecule has 0 amide bonds. The van der Waals surface area contributed by atoms with E-state index in [1.807, 2.05) is 26.0 Å². The molecule has 1 aromatic rings. The summed E-state index contributed by atoms with van der Waals surface area (Å²) in [5, 5.41) is 9.52. The summed E-state index contributed by atoms with van der Waals surface area (Å²) in [5.41, 5.74) is 8.62. The number of aryl methyl sites for hydroxylation is 1. The van der Waals surface area contributed by atoms with Gasteiger partial charge in [-0.1, -0.05) is 22.0 Å². The summed E-state index contributed by atoms with van der Waals surface area (Å²) >= 11 is 3.44. The van der Waals surface area contributed by atoms with E-state index in [2.05, 4.69) is 15.9 Å². The minimum Gasteiger partial charge on any atom is -0.387 e. The highest BCUT2D eigenvalue weighted by Crippen LogP contribution is 2.24. The van der Waals surface area contributed by atoms with E-state index in [0.29, 0.717) is 0 Å². The molecular formula is C10H14BrNO. The maximum atomic E-state index is 9.52. The van der Waals surface area contributed by atoms with E-state index in [1.54, 1.807) is 0 Å². The van der Waals surface area contributed by atoms with Crippen LogP contribution in [-0.2, 0) is 0 Å². The van der Waals surface area contributed by atoms with Crippen LogP contribution in [0.1, 0.15) is 22.8 Å². The molecule has 2 nitrogen and oxygen atoms in total. The van der Waals surface area contributed by atoms with Crippen LogP contribution in [0.4, 0.5) is 0 Å². The van der Waals surface area contributed by atoms with Gasteiger partial charge in [-0.2, -0.15) is 0 Å². The zero-order valence-corrected chi connectivity index (χ0v) is 9.43. The minimum absolute atomic E-state index is 0.259. The monoisotopic (exact) mass is 243 g/mol. The van der Waals surface area contributed by atoms with Crippen molar-refractivity contribution >= 4 is 15.9 Å². The first kappa shape index (κ1) is 10.7. The molecule has 1 rings (SSSR count). The zero-order chi connectivity index (χ0) is 10.0. The van der Waals surface area contributed by atoms with Gasteiger partial charge in [-0.25, -0.2) is 0 Å². The summed E-state index contributed by atoms with van der Waals surface area (Å²) in [5.74, 6) is 0. The van der Waals surface area contributed by atoms with Gasteiger partial charge in [-0.05, 0) is 36.6 Å². The Morgan fingerprint density at radius 3 is 2.54 bits per heavy atom. The summed E-state index contributed by atoms with van der Waals surface area (Å²) in [4.78, 5) is 0. The largest absolute Gasteiger partial charge is 0.387 e. The van der Waals surface area contributed by atoms with Crippen LogP contribution in [-0.4, -0.2) is 11.7 Å². The Labute approximate surface area is 86.9 Å². The summed E-state index contributed by atoms with van der Waals surface area (Å²) in [6.07, 6.45) is -0.560. The quantitative estimate of drug-likeness (QED) is 0.836. The molecule has 3 heteroatoms. The lowest BCUT2D eigenvalue weighted by Crippen LogP contribution is -2.11. The highest BCUT2D eigenvalue weighted by atomic mass is 79.9. The van der Waals surface area contributed by atoms with Gasteiger partial charge < -0.3 is 10.8 Å². The van der Waals surface area contributed by atoms with Gasteiger partial charge in [-0.3, -0.25) is 0 Å². The van der Waals surface area contributed by atoms with E-state index in [0.717, 1.165) is 15.6 Å². The van der Waals surface area contributed by atoms with Gasteiger partial charge in [0.1, 0.15) is 0 Å². The van der Waals surface area contributed by atoms with Crippen molar-refractivity contribution in [2.75, 3.05) is 6.54 Å². The number of aliphatic hydroxyl groups is 1. The van der Waals surface area contributed by atoms with Gasteiger partial charge in [0.2, 0.25) is 0 Å². The molecule has 1 atom stereocenters. The second-order valence-corrected chi connectivity index (χ2v) is 4.05. The molecule has 0 spiro atoms. The molecule has 0 saturated heterocycles. The van der Waals surface area contributed by atoms with Crippen LogP contribution in [0.5, 0.6) is 0 Å². The van der Waals surface area contributed by atoms with Crippen LogP contribution >= 0.6 is 15.9 Å². The summed E-state index contributed by atoms with van der Waals surface area (Å²) < 4.78 is 1.02. The third-order valence-electron chi connectivity index (χ3n) is 2.23. The minimum atomic E-state index is -0.560. The third-order valence-corrected chi connectivity index (χ3v) is 3.06.